The molecule has 2 atom stereocenters. The van der Waals surface area contributed by atoms with Crippen LogP contribution in [0.4, 0.5) is 9.59 Å². The van der Waals surface area contributed by atoms with E-state index in [1.165, 1.54) is 4.90 Å². The van der Waals surface area contributed by atoms with Gasteiger partial charge in [-0.2, -0.15) is 0 Å². The molecule has 0 spiro atoms. The monoisotopic (exact) mass is 359 g/mol. The van der Waals surface area contributed by atoms with E-state index in [9.17, 15) is 14.4 Å². The zero-order valence-corrected chi connectivity index (χ0v) is 15.4. The molecule has 0 saturated carbocycles. The fourth-order valence-electron chi connectivity index (χ4n) is 3.44. The number of hydrogen-bond donors (Lipinski definition) is 1. The molecule has 2 fully saturated rings. The van der Waals surface area contributed by atoms with Crippen LogP contribution in [0.1, 0.15) is 39.2 Å². The summed E-state index contributed by atoms with van der Waals surface area (Å²) in [5.41, 5.74) is 0.322. The summed E-state index contributed by atoms with van der Waals surface area (Å²) in [7, 11) is 0. The molecular formula is C19H25N3O4. The molecule has 26 heavy (non-hydrogen) atoms. The number of alkyl carbamates (subject to hydrolysis) is 1. The summed E-state index contributed by atoms with van der Waals surface area (Å²) in [6.45, 7) is 6.17. The largest absolute Gasteiger partial charge is 0.444 e. The molecule has 3 rings (SSSR count). The zero-order valence-electron chi connectivity index (χ0n) is 15.4. The quantitative estimate of drug-likeness (QED) is 0.899. The van der Waals surface area contributed by atoms with Crippen molar-refractivity contribution in [1.29, 1.82) is 0 Å². The Balaban J connectivity index is 1.65. The van der Waals surface area contributed by atoms with Crippen molar-refractivity contribution in [3.05, 3.63) is 35.9 Å². The first-order valence-corrected chi connectivity index (χ1v) is 8.89. The van der Waals surface area contributed by atoms with Crippen molar-refractivity contribution >= 4 is 18.0 Å². The van der Waals surface area contributed by atoms with Gasteiger partial charge in [-0.25, -0.2) is 9.59 Å². The molecule has 0 aromatic heterocycles. The first-order valence-electron chi connectivity index (χ1n) is 8.89. The number of carbonyl (C=O) groups excluding carboxylic acids is 3. The Morgan fingerprint density at radius 3 is 2.58 bits per heavy atom. The molecule has 2 aliphatic rings. The number of nitrogens with zero attached hydrogens (tertiary/aromatic N) is 2. The molecular weight excluding hydrogens is 334 g/mol. The van der Waals surface area contributed by atoms with Crippen molar-refractivity contribution in [2.45, 2.75) is 57.8 Å². The van der Waals surface area contributed by atoms with Crippen LogP contribution in [0.25, 0.3) is 0 Å². The highest BCUT2D eigenvalue weighted by Crippen LogP contribution is 2.28. The Labute approximate surface area is 153 Å². The summed E-state index contributed by atoms with van der Waals surface area (Å²) in [6, 6.07) is 8.58. The van der Waals surface area contributed by atoms with E-state index in [-0.39, 0.29) is 37.0 Å². The number of benzene rings is 1. The summed E-state index contributed by atoms with van der Waals surface area (Å²) in [4.78, 5) is 40.3. The van der Waals surface area contributed by atoms with Crippen LogP contribution in [0.3, 0.4) is 0 Å². The summed E-state index contributed by atoms with van der Waals surface area (Å²) >= 11 is 0. The van der Waals surface area contributed by atoms with Crippen LogP contribution in [0.5, 0.6) is 0 Å². The van der Waals surface area contributed by atoms with Gasteiger partial charge in [0.2, 0.25) is 5.91 Å². The van der Waals surface area contributed by atoms with E-state index in [4.69, 9.17) is 4.74 Å². The molecule has 1 aromatic carbocycles. The maximum atomic E-state index is 12.8. The standard InChI is InChI=1S/C19H25N3O4/c1-19(2,3)26-17(24)20-14-9-10-21-15(14)11-16(23)22(18(21)25)12-13-7-5-4-6-8-13/h4-8,14-15H,9-12H2,1-3H3,(H,20,24)/t14-,15-/m0/s1. The molecule has 0 unspecified atom stereocenters. The van der Waals surface area contributed by atoms with Crippen molar-refractivity contribution in [3.8, 4) is 0 Å². The van der Waals surface area contributed by atoms with Gasteiger partial charge >= 0.3 is 12.1 Å². The zero-order chi connectivity index (χ0) is 18.9. The summed E-state index contributed by atoms with van der Waals surface area (Å²) in [6.07, 6.45) is 0.303. The molecule has 7 heteroatoms. The van der Waals surface area contributed by atoms with Crippen LogP contribution in [-0.4, -0.2) is 52.1 Å². The van der Waals surface area contributed by atoms with E-state index < -0.39 is 11.7 Å². The Morgan fingerprint density at radius 2 is 1.92 bits per heavy atom. The summed E-state index contributed by atoms with van der Waals surface area (Å²) in [5.74, 6) is -0.210. The first kappa shape index (κ1) is 18.2. The smallest absolute Gasteiger partial charge is 0.407 e. The lowest BCUT2D eigenvalue weighted by molar-refractivity contribution is -0.132. The van der Waals surface area contributed by atoms with E-state index in [0.29, 0.717) is 13.0 Å². The topological polar surface area (TPSA) is 79.0 Å². The van der Waals surface area contributed by atoms with Crippen LogP contribution in [0.15, 0.2) is 30.3 Å². The lowest BCUT2D eigenvalue weighted by atomic mass is 10.0. The Bertz CT molecular complexity index is 698. The van der Waals surface area contributed by atoms with Crippen LogP contribution < -0.4 is 5.32 Å². The molecule has 4 amide bonds. The minimum Gasteiger partial charge on any atom is -0.444 e. The summed E-state index contributed by atoms with van der Waals surface area (Å²) in [5, 5.41) is 2.81. The van der Waals surface area contributed by atoms with Crippen LogP contribution in [-0.2, 0) is 16.1 Å². The number of imide groups is 1. The number of carbonyl (C=O) groups is 3. The third-order valence-corrected chi connectivity index (χ3v) is 4.59. The predicted molar refractivity (Wildman–Crippen MR) is 95.3 cm³/mol. The Morgan fingerprint density at radius 1 is 1.23 bits per heavy atom. The maximum Gasteiger partial charge on any atom is 0.407 e. The minimum absolute atomic E-state index is 0.207. The molecule has 2 heterocycles. The molecule has 0 bridgehead atoms. The number of nitrogens with one attached hydrogen (secondary N) is 1. The second-order valence-electron chi connectivity index (χ2n) is 7.75. The molecule has 1 N–H and O–H groups in total. The number of urea groups is 1. The first-order chi connectivity index (χ1) is 12.2. The fourth-order valence-corrected chi connectivity index (χ4v) is 3.44. The van der Waals surface area contributed by atoms with Crippen LogP contribution in [0, 0.1) is 0 Å². The van der Waals surface area contributed by atoms with Crippen molar-refractivity contribution < 1.29 is 19.1 Å². The van der Waals surface area contributed by atoms with Gasteiger partial charge in [-0.3, -0.25) is 9.69 Å². The van der Waals surface area contributed by atoms with Gasteiger partial charge < -0.3 is 15.0 Å². The average molecular weight is 359 g/mol. The number of ether oxygens (including phenoxy) is 1. The molecule has 2 saturated heterocycles. The fraction of sp³-hybridized carbons (Fsp3) is 0.526. The predicted octanol–water partition coefficient (Wildman–Crippen LogP) is 2.51. The van der Waals surface area contributed by atoms with Crippen molar-refractivity contribution in [3.63, 3.8) is 0 Å². The highest BCUT2D eigenvalue weighted by molar-refractivity contribution is 5.97. The van der Waals surface area contributed by atoms with Gasteiger partial charge in [0.25, 0.3) is 0 Å². The number of rotatable bonds is 3. The maximum absolute atomic E-state index is 12.8. The second-order valence-corrected chi connectivity index (χ2v) is 7.75. The normalized spacial score (nSPS) is 23.0. The van der Waals surface area contributed by atoms with Gasteiger partial charge in [0.05, 0.1) is 18.6 Å². The average Bonchev–Trinajstić information content (AvgIpc) is 2.93. The molecule has 1 aromatic rings. The van der Waals surface area contributed by atoms with Crippen molar-refractivity contribution in [2.75, 3.05) is 6.54 Å². The van der Waals surface area contributed by atoms with Crippen LogP contribution in [0.2, 0.25) is 0 Å². The highest BCUT2D eigenvalue weighted by Gasteiger charge is 2.46. The van der Waals surface area contributed by atoms with E-state index in [0.717, 1.165) is 5.56 Å². The third kappa shape index (κ3) is 3.98. The van der Waals surface area contributed by atoms with Gasteiger partial charge in [0, 0.05) is 13.0 Å². The molecule has 0 radical (unpaired) electrons. The van der Waals surface area contributed by atoms with Gasteiger partial charge in [0.15, 0.2) is 0 Å². The molecule has 2 aliphatic heterocycles. The highest BCUT2D eigenvalue weighted by atomic mass is 16.6. The van der Waals surface area contributed by atoms with E-state index in [2.05, 4.69) is 5.32 Å². The van der Waals surface area contributed by atoms with Gasteiger partial charge in [0.1, 0.15) is 5.60 Å². The summed E-state index contributed by atoms with van der Waals surface area (Å²) < 4.78 is 5.28. The lowest BCUT2D eigenvalue weighted by Crippen LogP contribution is -2.58. The van der Waals surface area contributed by atoms with Gasteiger partial charge in [-0.1, -0.05) is 30.3 Å². The number of hydrogen-bond acceptors (Lipinski definition) is 4. The van der Waals surface area contributed by atoms with Crippen LogP contribution >= 0.6 is 0 Å². The Kier molecular flexibility index (Phi) is 4.89. The van der Waals surface area contributed by atoms with E-state index >= 15 is 0 Å². The molecule has 7 nitrogen and oxygen atoms in total. The van der Waals surface area contributed by atoms with Gasteiger partial charge in [-0.05, 0) is 32.8 Å². The third-order valence-electron chi connectivity index (χ3n) is 4.59. The van der Waals surface area contributed by atoms with E-state index in [1.54, 1.807) is 25.7 Å². The molecule has 0 aliphatic carbocycles. The molecule has 140 valence electrons. The Hall–Kier alpha value is -2.57. The minimum atomic E-state index is -0.590. The number of amides is 4. The van der Waals surface area contributed by atoms with Crippen molar-refractivity contribution in [1.82, 2.24) is 15.1 Å². The lowest BCUT2D eigenvalue weighted by Gasteiger charge is -2.38. The number of fused-ring (bicyclic) bond motifs is 1. The SMILES string of the molecule is CC(C)(C)OC(=O)N[C@H]1CCN2C(=O)N(Cc3ccccc3)C(=O)C[C@@H]12. The van der Waals surface area contributed by atoms with E-state index in [1.807, 2.05) is 30.3 Å². The van der Waals surface area contributed by atoms with Gasteiger partial charge in [-0.15, -0.1) is 0 Å². The second kappa shape index (κ2) is 6.97. The van der Waals surface area contributed by atoms with Crippen molar-refractivity contribution in [2.24, 2.45) is 0 Å².